The predicted octanol–water partition coefficient (Wildman–Crippen LogP) is 2.42. The van der Waals surface area contributed by atoms with Crippen LogP contribution in [0.4, 0.5) is 5.82 Å². The first-order chi connectivity index (χ1) is 9.65. The number of pyridine rings is 1. The third-order valence-corrected chi connectivity index (χ3v) is 3.60. The summed E-state index contributed by atoms with van der Waals surface area (Å²) in [5, 5.41) is 3.52. The average Bonchev–Trinajstić information content (AvgIpc) is 2.49. The van der Waals surface area contributed by atoms with Gasteiger partial charge in [-0.15, -0.1) is 0 Å². The van der Waals surface area contributed by atoms with Crippen LogP contribution in [-0.2, 0) is 4.74 Å². The Morgan fingerprint density at radius 3 is 3.05 bits per heavy atom. The molecular formula is C14H20ClN3O2. The molecule has 1 aromatic rings. The molecular weight excluding hydrogens is 278 g/mol. The van der Waals surface area contributed by atoms with E-state index in [1.165, 1.54) is 0 Å². The first-order valence-corrected chi connectivity index (χ1v) is 7.33. The van der Waals surface area contributed by atoms with E-state index < -0.39 is 0 Å². The van der Waals surface area contributed by atoms with Crippen LogP contribution in [0.2, 0.25) is 5.02 Å². The van der Waals surface area contributed by atoms with Gasteiger partial charge in [-0.3, -0.25) is 4.79 Å². The lowest BCUT2D eigenvalue weighted by molar-refractivity contribution is -0.0226. The van der Waals surface area contributed by atoms with Gasteiger partial charge in [0.25, 0.3) is 5.91 Å². The lowest BCUT2D eigenvalue weighted by Crippen LogP contribution is -2.45. The molecule has 110 valence electrons. The van der Waals surface area contributed by atoms with Crippen LogP contribution in [0, 0.1) is 0 Å². The van der Waals surface area contributed by atoms with Crippen LogP contribution in [0.15, 0.2) is 12.3 Å². The lowest BCUT2D eigenvalue weighted by atomic mass is 10.2. The summed E-state index contributed by atoms with van der Waals surface area (Å²) < 4.78 is 5.57. The highest BCUT2D eigenvalue weighted by molar-refractivity contribution is 6.33. The van der Waals surface area contributed by atoms with Gasteiger partial charge in [0.1, 0.15) is 5.82 Å². The molecule has 0 aromatic carbocycles. The fraction of sp³-hybridized carbons (Fsp3) is 0.571. The Labute approximate surface area is 124 Å². The molecule has 2 rings (SSSR count). The Bertz CT molecular complexity index is 481. The molecule has 1 amide bonds. The van der Waals surface area contributed by atoms with Crippen LogP contribution < -0.4 is 5.32 Å². The van der Waals surface area contributed by atoms with E-state index in [4.69, 9.17) is 16.3 Å². The molecule has 1 aliphatic rings. The number of morpholine rings is 1. The van der Waals surface area contributed by atoms with Gasteiger partial charge in [-0.2, -0.15) is 0 Å². The van der Waals surface area contributed by atoms with Crippen LogP contribution in [0.25, 0.3) is 0 Å². The van der Waals surface area contributed by atoms with Crippen molar-refractivity contribution in [2.45, 2.75) is 26.4 Å². The number of nitrogens with zero attached hydrogens (tertiary/aromatic N) is 2. The van der Waals surface area contributed by atoms with E-state index in [-0.39, 0.29) is 12.0 Å². The zero-order valence-electron chi connectivity index (χ0n) is 11.9. The second kappa shape index (κ2) is 6.90. The maximum absolute atomic E-state index is 12.4. The molecule has 1 N–H and O–H groups in total. The molecule has 0 saturated carbocycles. The van der Waals surface area contributed by atoms with Gasteiger partial charge in [0.2, 0.25) is 0 Å². The zero-order valence-corrected chi connectivity index (χ0v) is 12.6. The number of ether oxygens (including phenoxy) is 1. The SMILES string of the molecule is CCNc1ncc(C(=O)N2CCOC(CC)C2)cc1Cl. The molecule has 2 heterocycles. The van der Waals surface area contributed by atoms with Crippen molar-refractivity contribution < 1.29 is 9.53 Å². The molecule has 0 spiro atoms. The maximum atomic E-state index is 12.4. The Morgan fingerprint density at radius 2 is 2.40 bits per heavy atom. The topological polar surface area (TPSA) is 54.5 Å². The molecule has 0 aliphatic carbocycles. The Morgan fingerprint density at radius 1 is 1.60 bits per heavy atom. The number of hydrogen-bond donors (Lipinski definition) is 1. The fourth-order valence-electron chi connectivity index (χ4n) is 2.19. The van der Waals surface area contributed by atoms with Crippen molar-refractivity contribution >= 4 is 23.3 Å². The molecule has 0 radical (unpaired) electrons. The summed E-state index contributed by atoms with van der Waals surface area (Å²) in [7, 11) is 0. The van der Waals surface area contributed by atoms with Gasteiger partial charge in [-0.25, -0.2) is 4.98 Å². The summed E-state index contributed by atoms with van der Waals surface area (Å²) in [6.07, 6.45) is 2.60. The molecule has 1 aromatic heterocycles. The highest BCUT2D eigenvalue weighted by Gasteiger charge is 2.24. The minimum absolute atomic E-state index is 0.0378. The maximum Gasteiger partial charge on any atom is 0.255 e. The molecule has 5 nitrogen and oxygen atoms in total. The molecule has 1 saturated heterocycles. The van der Waals surface area contributed by atoms with E-state index in [2.05, 4.69) is 17.2 Å². The Hall–Kier alpha value is -1.33. The predicted molar refractivity (Wildman–Crippen MR) is 79.3 cm³/mol. The van der Waals surface area contributed by atoms with Gasteiger partial charge in [-0.1, -0.05) is 18.5 Å². The number of anilines is 1. The number of hydrogen-bond acceptors (Lipinski definition) is 4. The average molecular weight is 298 g/mol. The number of halogens is 1. The van der Waals surface area contributed by atoms with E-state index >= 15 is 0 Å². The zero-order chi connectivity index (χ0) is 14.5. The van der Waals surface area contributed by atoms with E-state index in [1.807, 2.05) is 6.92 Å². The molecule has 0 bridgehead atoms. The van der Waals surface area contributed by atoms with Gasteiger partial charge in [0.15, 0.2) is 0 Å². The number of aromatic nitrogens is 1. The molecule has 1 atom stereocenters. The van der Waals surface area contributed by atoms with Gasteiger partial charge in [-0.05, 0) is 19.4 Å². The minimum atomic E-state index is -0.0378. The summed E-state index contributed by atoms with van der Waals surface area (Å²) in [4.78, 5) is 18.4. The van der Waals surface area contributed by atoms with Crippen molar-refractivity contribution in [1.29, 1.82) is 0 Å². The Kier molecular flexibility index (Phi) is 5.20. The smallest absolute Gasteiger partial charge is 0.255 e. The van der Waals surface area contributed by atoms with Crippen molar-refractivity contribution in [3.8, 4) is 0 Å². The molecule has 1 unspecified atom stereocenters. The standard InChI is InChI=1S/C14H20ClN3O2/c1-3-11-9-18(5-6-20-11)14(19)10-7-12(15)13(16-4-2)17-8-10/h7-8,11H,3-6,9H2,1-2H3,(H,16,17). The van der Waals surface area contributed by atoms with E-state index in [9.17, 15) is 4.79 Å². The summed E-state index contributed by atoms with van der Waals surface area (Å²) in [5.41, 5.74) is 0.522. The van der Waals surface area contributed by atoms with Crippen LogP contribution in [0.1, 0.15) is 30.6 Å². The summed E-state index contributed by atoms with van der Waals surface area (Å²) in [6.45, 7) is 6.59. The number of carbonyl (C=O) groups is 1. The van der Waals surface area contributed by atoms with Crippen LogP contribution >= 0.6 is 11.6 Å². The van der Waals surface area contributed by atoms with E-state index in [0.717, 1.165) is 13.0 Å². The van der Waals surface area contributed by atoms with E-state index in [0.29, 0.717) is 36.1 Å². The molecule has 20 heavy (non-hydrogen) atoms. The second-order valence-corrected chi connectivity index (χ2v) is 5.14. The van der Waals surface area contributed by atoms with Crippen molar-refractivity contribution in [2.75, 3.05) is 31.6 Å². The van der Waals surface area contributed by atoms with Crippen molar-refractivity contribution in [1.82, 2.24) is 9.88 Å². The van der Waals surface area contributed by atoms with Gasteiger partial charge >= 0.3 is 0 Å². The number of rotatable bonds is 4. The molecule has 1 fully saturated rings. The Balaban J connectivity index is 2.10. The van der Waals surface area contributed by atoms with Gasteiger partial charge < -0.3 is 15.0 Å². The number of nitrogens with one attached hydrogen (secondary N) is 1. The first kappa shape index (κ1) is 15.1. The third kappa shape index (κ3) is 3.41. The lowest BCUT2D eigenvalue weighted by Gasteiger charge is -2.32. The van der Waals surface area contributed by atoms with Crippen LogP contribution in [0.3, 0.4) is 0 Å². The molecule has 1 aliphatic heterocycles. The van der Waals surface area contributed by atoms with E-state index in [1.54, 1.807) is 17.2 Å². The van der Waals surface area contributed by atoms with Gasteiger partial charge in [0.05, 0.1) is 23.3 Å². The highest BCUT2D eigenvalue weighted by Crippen LogP contribution is 2.21. The van der Waals surface area contributed by atoms with Crippen molar-refractivity contribution in [3.05, 3.63) is 22.8 Å². The number of carbonyl (C=O) groups excluding carboxylic acids is 1. The van der Waals surface area contributed by atoms with Crippen LogP contribution in [-0.4, -0.2) is 48.1 Å². The minimum Gasteiger partial charge on any atom is -0.375 e. The third-order valence-electron chi connectivity index (χ3n) is 3.31. The normalized spacial score (nSPS) is 18.9. The summed E-state index contributed by atoms with van der Waals surface area (Å²) in [5.74, 6) is 0.573. The fourth-order valence-corrected chi connectivity index (χ4v) is 2.42. The second-order valence-electron chi connectivity index (χ2n) is 4.74. The monoisotopic (exact) mass is 297 g/mol. The highest BCUT2D eigenvalue weighted by atomic mass is 35.5. The quantitative estimate of drug-likeness (QED) is 0.927. The van der Waals surface area contributed by atoms with Crippen molar-refractivity contribution in [3.63, 3.8) is 0 Å². The van der Waals surface area contributed by atoms with Gasteiger partial charge in [0, 0.05) is 25.8 Å². The largest absolute Gasteiger partial charge is 0.375 e. The summed E-state index contributed by atoms with van der Waals surface area (Å²) >= 11 is 6.13. The molecule has 6 heteroatoms. The first-order valence-electron chi connectivity index (χ1n) is 6.96. The van der Waals surface area contributed by atoms with Crippen molar-refractivity contribution in [2.24, 2.45) is 0 Å². The van der Waals surface area contributed by atoms with Crippen LogP contribution in [0.5, 0.6) is 0 Å². The number of amides is 1. The summed E-state index contributed by atoms with van der Waals surface area (Å²) in [6, 6.07) is 1.67.